The highest BCUT2D eigenvalue weighted by molar-refractivity contribution is 5.72. The van der Waals surface area contributed by atoms with Gasteiger partial charge in [0.05, 0.1) is 11.8 Å². The monoisotopic (exact) mass is 1320 g/mol. The van der Waals surface area contributed by atoms with Gasteiger partial charge in [0.1, 0.15) is 62.0 Å². The van der Waals surface area contributed by atoms with Crippen LogP contribution in [0.2, 0.25) is 0 Å². The summed E-state index contributed by atoms with van der Waals surface area (Å²) in [5.41, 5.74) is 0. The number of ether oxygens (including phenoxy) is 11. The van der Waals surface area contributed by atoms with Crippen LogP contribution in [0.4, 0.5) is 0 Å². The number of unbranched alkanes of at least 4 members (excludes halogenated alkanes) is 34. The van der Waals surface area contributed by atoms with E-state index in [2.05, 4.69) is 69.2 Å². The summed E-state index contributed by atoms with van der Waals surface area (Å²) in [6, 6.07) is 0. The number of hydrogen-bond acceptors (Lipinski definition) is 13. The van der Waals surface area contributed by atoms with Crippen LogP contribution in [0.3, 0.4) is 0 Å². The van der Waals surface area contributed by atoms with E-state index >= 15 is 0 Å². The van der Waals surface area contributed by atoms with Crippen LogP contribution in [0.1, 0.15) is 377 Å². The Bertz CT molecular complexity index is 1470. The molecule has 0 spiro atoms. The van der Waals surface area contributed by atoms with Gasteiger partial charge in [-0.2, -0.15) is 0 Å². The van der Waals surface area contributed by atoms with E-state index in [1.165, 1.54) is 154 Å². The van der Waals surface area contributed by atoms with Crippen molar-refractivity contribution in [1.29, 1.82) is 0 Å². The Morgan fingerprint density at radius 2 is 0.462 bits per heavy atom. The lowest BCUT2D eigenvalue weighted by Crippen LogP contribution is -2.66. The van der Waals surface area contributed by atoms with Gasteiger partial charge in [0.25, 0.3) is 0 Å². The molecule has 0 aromatic rings. The van der Waals surface area contributed by atoms with Gasteiger partial charge in [0, 0.05) is 39.6 Å². The Morgan fingerprint density at radius 1 is 0.258 bits per heavy atom. The minimum atomic E-state index is -1.06. The van der Waals surface area contributed by atoms with Crippen molar-refractivity contribution in [2.75, 3.05) is 52.9 Å². The molecule has 0 aliphatic carbocycles. The van der Waals surface area contributed by atoms with Crippen LogP contribution in [0.15, 0.2) is 0 Å². The minimum Gasteiger partial charge on any atom is -0.463 e. The number of esters is 2. The van der Waals surface area contributed by atoms with E-state index in [4.69, 9.17) is 52.1 Å². The third-order valence-electron chi connectivity index (χ3n) is 19.4. The molecule has 13 nitrogen and oxygen atoms in total. The van der Waals surface area contributed by atoms with Crippen molar-refractivity contribution in [3.63, 3.8) is 0 Å². The molecule has 4 unspecified atom stereocenters. The number of carbonyl (C=O) groups is 2. The Kier molecular flexibility index (Phi) is 59.2. The highest BCUT2D eigenvalue weighted by atomic mass is 16.8. The summed E-state index contributed by atoms with van der Waals surface area (Å²) < 4.78 is 76.8. The van der Waals surface area contributed by atoms with E-state index < -0.39 is 61.4 Å². The first-order valence-electron chi connectivity index (χ1n) is 40.7. The third kappa shape index (κ3) is 41.7. The Balaban J connectivity index is 2.71. The van der Waals surface area contributed by atoms with Crippen LogP contribution >= 0.6 is 0 Å². The largest absolute Gasteiger partial charge is 0.463 e. The molecule has 552 valence electrons. The molecule has 0 aromatic carbocycles. The zero-order valence-electron chi connectivity index (χ0n) is 62.8. The van der Waals surface area contributed by atoms with Crippen LogP contribution in [0, 0.1) is 11.8 Å². The topological polar surface area (TPSA) is 136 Å². The molecule has 0 saturated carbocycles. The van der Waals surface area contributed by atoms with Gasteiger partial charge in [-0.15, -0.1) is 0 Å². The molecule has 0 radical (unpaired) electrons. The lowest BCUT2D eigenvalue weighted by molar-refractivity contribution is -0.390. The summed E-state index contributed by atoms with van der Waals surface area (Å²) in [6.07, 6.45) is 45.4. The Labute approximate surface area is 574 Å². The second-order valence-electron chi connectivity index (χ2n) is 28.1. The van der Waals surface area contributed by atoms with Gasteiger partial charge < -0.3 is 52.1 Å². The van der Waals surface area contributed by atoms with E-state index in [0.29, 0.717) is 39.6 Å². The summed E-state index contributed by atoms with van der Waals surface area (Å²) in [7, 11) is 0. The van der Waals surface area contributed by atoms with Crippen molar-refractivity contribution in [1.82, 2.24) is 0 Å². The summed E-state index contributed by atoms with van der Waals surface area (Å²) >= 11 is 0. The van der Waals surface area contributed by atoms with Crippen LogP contribution in [0.25, 0.3) is 0 Å². The Hall–Kier alpha value is -1.42. The minimum absolute atomic E-state index is 0.0220. The standard InChI is InChI=1S/C80H154O13/c1-11-21-31-35-39-43-47-51-55-67(56-52-48-44-40-36-32-22-12-2)77(81)89-65-69-71(83-59-25-15-5)73(85-61-27-17-7)75(87-63-29-19-9)79(91-69)93-80-76(88-64-30-20-10)74(86-62-28-18-8)72(84-60-26-16-6)70(92-80)66-90-78(82)68(57-53-49-45-41-37-33-23-13-3)58-54-50-46-42-38-34-24-14-4/h67-76,79-80H,11-66H2,1-10H3/t69?,70?,71-,72-,73+,74+,75?,76?,79-,80-/m1/s1. The molecule has 2 aliphatic heterocycles. The van der Waals surface area contributed by atoms with Gasteiger partial charge in [-0.3, -0.25) is 9.59 Å². The predicted molar refractivity (Wildman–Crippen MR) is 384 cm³/mol. The fourth-order valence-electron chi connectivity index (χ4n) is 13.1. The van der Waals surface area contributed by atoms with E-state index in [1.807, 2.05) is 0 Å². The van der Waals surface area contributed by atoms with Gasteiger partial charge in [-0.05, 0) is 64.2 Å². The van der Waals surface area contributed by atoms with Gasteiger partial charge >= 0.3 is 11.9 Å². The molecule has 93 heavy (non-hydrogen) atoms. The molecular weight excluding hydrogens is 1170 g/mol. The molecule has 2 saturated heterocycles. The molecule has 10 atom stereocenters. The lowest BCUT2D eigenvalue weighted by Gasteiger charge is -2.49. The van der Waals surface area contributed by atoms with Crippen molar-refractivity contribution in [3.05, 3.63) is 0 Å². The fraction of sp³-hybridized carbons (Fsp3) is 0.975. The van der Waals surface area contributed by atoms with Crippen LogP contribution in [-0.4, -0.2) is 126 Å². The van der Waals surface area contributed by atoms with Crippen LogP contribution < -0.4 is 0 Å². The zero-order valence-corrected chi connectivity index (χ0v) is 62.8. The fourth-order valence-corrected chi connectivity index (χ4v) is 13.1. The van der Waals surface area contributed by atoms with Crippen molar-refractivity contribution in [2.24, 2.45) is 11.8 Å². The number of rotatable bonds is 68. The molecule has 2 heterocycles. The van der Waals surface area contributed by atoms with Crippen molar-refractivity contribution in [2.45, 2.75) is 439 Å². The summed E-state index contributed by atoms with van der Waals surface area (Å²) in [6.45, 7) is 24.9. The average Bonchev–Trinajstić information content (AvgIpc) is 0.812. The predicted octanol–water partition coefficient (Wildman–Crippen LogP) is 22.0. The normalized spacial score (nSPS) is 21.8. The second-order valence-corrected chi connectivity index (χ2v) is 28.1. The maximum atomic E-state index is 14.7. The molecule has 0 aromatic heterocycles. The lowest BCUT2D eigenvalue weighted by atomic mass is 9.93. The van der Waals surface area contributed by atoms with E-state index in [0.717, 1.165) is 154 Å². The molecular formula is C80H154O13. The summed E-state index contributed by atoms with van der Waals surface area (Å²) in [5.74, 6) is -0.689. The van der Waals surface area contributed by atoms with E-state index in [-0.39, 0.29) is 37.0 Å². The van der Waals surface area contributed by atoms with Gasteiger partial charge in [0.2, 0.25) is 0 Å². The molecule has 2 aliphatic rings. The van der Waals surface area contributed by atoms with E-state index in [1.54, 1.807) is 0 Å². The molecule has 2 rings (SSSR count). The van der Waals surface area contributed by atoms with Crippen molar-refractivity contribution in [3.8, 4) is 0 Å². The van der Waals surface area contributed by atoms with Gasteiger partial charge in [-0.25, -0.2) is 0 Å². The first-order chi connectivity index (χ1) is 45.7. The molecule has 0 N–H and O–H groups in total. The Morgan fingerprint density at radius 3 is 0.699 bits per heavy atom. The zero-order chi connectivity index (χ0) is 67.5. The molecule has 0 bridgehead atoms. The SMILES string of the molecule is CCCCCCCCCCC(CCCCCCCCCC)C(=O)OCC1O[C@H](O[C@H]2OC(COC(=O)C(CCCCCCCCCC)CCCCCCCCCC)[C@@H](OCCCC)[C@H](OCCCC)C2OCCCC)C(OCCCC)[C@@H](OCCCC)[C@@H]1OCCCC. The van der Waals surface area contributed by atoms with Gasteiger partial charge in [0.15, 0.2) is 12.6 Å². The average molecular weight is 1320 g/mol. The van der Waals surface area contributed by atoms with E-state index in [9.17, 15) is 9.59 Å². The van der Waals surface area contributed by atoms with Crippen molar-refractivity contribution < 1.29 is 61.7 Å². The number of carbonyl (C=O) groups excluding carboxylic acids is 2. The maximum Gasteiger partial charge on any atom is 0.309 e. The second kappa shape index (κ2) is 62.8. The molecule has 13 heteroatoms. The maximum absolute atomic E-state index is 14.7. The third-order valence-corrected chi connectivity index (χ3v) is 19.4. The highest BCUT2D eigenvalue weighted by Gasteiger charge is 2.54. The first-order valence-corrected chi connectivity index (χ1v) is 40.7. The number of hydrogen-bond donors (Lipinski definition) is 0. The summed E-state index contributed by atoms with van der Waals surface area (Å²) in [4.78, 5) is 29.4. The van der Waals surface area contributed by atoms with Crippen LogP contribution in [0.5, 0.6) is 0 Å². The molecule has 2 fully saturated rings. The smallest absolute Gasteiger partial charge is 0.309 e. The van der Waals surface area contributed by atoms with Crippen LogP contribution in [-0.2, 0) is 61.7 Å². The molecule has 0 amide bonds. The van der Waals surface area contributed by atoms with Gasteiger partial charge in [-0.1, -0.05) is 313 Å². The quantitative estimate of drug-likeness (QED) is 0.0423. The van der Waals surface area contributed by atoms with Crippen molar-refractivity contribution >= 4 is 11.9 Å². The highest BCUT2D eigenvalue weighted by Crippen LogP contribution is 2.37. The first kappa shape index (κ1) is 87.7. The summed E-state index contributed by atoms with van der Waals surface area (Å²) in [5, 5.41) is 0.